The number of benzene rings is 1. The Morgan fingerprint density at radius 1 is 1.17 bits per heavy atom. The molecule has 0 spiro atoms. The Hall–Kier alpha value is -3.13. The van der Waals surface area contributed by atoms with Gasteiger partial charge in [0, 0.05) is 22.4 Å². The number of nitrogens with one attached hydrogen (secondary N) is 1. The van der Waals surface area contributed by atoms with Crippen LogP contribution in [0.2, 0.25) is 0 Å². The van der Waals surface area contributed by atoms with Crippen LogP contribution in [0.3, 0.4) is 0 Å². The second-order valence-electron chi connectivity index (χ2n) is 6.64. The van der Waals surface area contributed by atoms with Crippen LogP contribution in [-0.2, 0) is 13.2 Å². The van der Waals surface area contributed by atoms with Crippen LogP contribution in [0.1, 0.15) is 33.1 Å². The number of pyridine rings is 1. The molecule has 0 saturated heterocycles. The molecule has 0 aliphatic carbocycles. The lowest BCUT2D eigenvalue weighted by Gasteiger charge is -2.07. The fourth-order valence-corrected chi connectivity index (χ4v) is 3.29. The summed E-state index contributed by atoms with van der Waals surface area (Å²) in [5, 5.41) is 6.80. The van der Waals surface area contributed by atoms with Gasteiger partial charge in [-0.25, -0.2) is 4.98 Å². The van der Waals surface area contributed by atoms with Gasteiger partial charge in [0.25, 0.3) is 5.91 Å². The molecule has 3 heterocycles. The Bertz CT molecular complexity index is 1150. The van der Waals surface area contributed by atoms with Crippen LogP contribution in [0, 0.1) is 13.8 Å². The van der Waals surface area contributed by atoms with Crippen molar-refractivity contribution in [3.63, 3.8) is 0 Å². The predicted molar refractivity (Wildman–Crippen MR) is 111 cm³/mol. The van der Waals surface area contributed by atoms with E-state index >= 15 is 0 Å². The summed E-state index contributed by atoms with van der Waals surface area (Å²) in [7, 11) is 0. The fourth-order valence-electron chi connectivity index (χ4n) is 2.94. The first-order chi connectivity index (χ1) is 14.0. The summed E-state index contributed by atoms with van der Waals surface area (Å²) in [5.41, 5.74) is 3.93. The number of carbonyl (C=O) groups is 1. The number of hydrogen-bond donors (Lipinski definition) is 1. The van der Waals surface area contributed by atoms with Gasteiger partial charge in [-0.05, 0) is 66.2 Å². The lowest BCUT2D eigenvalue weighted by molar-refractivity contribution is 0.0950. The highest BCUT2D eigenvalue weighted by Gasteiger charge is 2.11. The summed E-state index contributed by atoms with van der Waals surface area (Å²) in [6.45, 7) is 4.46. The van der Waals surface area contributed by atoms with Crippen molar-refractivity contribution in [1.82, 2.24) is 19.9 Å². The third-order valence-corrected chi connectivity index (χ3v) is 5.04. The number of ether oxygens (including phenoxy) is 1. The number of rotatable bonds is 6. The average Bonchev–Trinajstić information content (AvgIpc) is 3.27. The Kier molecular flexibility index (Phi) is 5.35. The summed E-state index contributed by atoms with van der Waals surface area (Å²) in [4.78, 5) is 16.9. The standard InChI is InChI=1S/C21H19BrN4O3/c1-13-19(14(2)29-25-13)12-28-18-6-3-15(4-7-18)21(27)23-9-17-11-26-10-16(22)5-8-20(26)24-17/h3-8,10-11H,9,12H2,1-2H3,(H,23,27). The highest BCUT2D eigenvalue weighted by Crippen LogP contribution is 2.18. The van der Waals surface area contributed by atoms with Crippen molar-refractivity contribution < 1.29 is 14.1 Å². The third kappa shape index (κ3) is 4.32. The van der Waals surface area contributed by atoms with Crippen molar-refractivity contribution in [1.29, 1.82) is 0 Å². The summed E-state index contributed by atoms with van der Waals surface area (Å²) in [6, 6.07) is 10.9. The van der Waals surface area contributed by atoms with Crippen LogP contribution in [0.15, 0.2) is 57.8 Å². The smallest absolute Gasteiger partial charge is 0.251 e. The molecule has 4 rings (SSSR count). The maximum Gasteiger partial charge on any atom is 0.251 e. The van der Waals surface area contributed by atoms with Crippen LogP contribution >= 0.6 is 15.9 Å². The van der Waals surface area contributed by atoms with Crippen molar-refractivity contribution >= 4 is 27.5 Å². The quantitative estimate of drug-likeness (QED) is 0.471. The molecule has 0 saturated carbocycles. The van der Waals surface area contributed by atoms with E-state index < -0.39 is 0 Å². The average molecular weight is 455 g/mol. The van der Waals surface area contributed by atoms with Gasteiger partial charge in [0.2, 0.25) is 0 Å². The zero-order valence-electron chi connectivity index (χ0n) is 16.0. The molecule has 0 unspecified atom stereocenters. The Morgan fingerprint density at radius 2 is 1.97 bits per heavy atom. The molecule has 7 nitrogen and oxygen atoms in total. The SMILES string of the molecule is Cc1noc(C)c1COc1ccc(C(=O)NCc2cn3cc(Br)ccc3n2)cc1. The molecule has 8 heteroatoms. The topological polar surface area (TPSA) is 81.7 Å². The minimum Gasteiger partial charge on any atom is -0.489 e. The summed E-state index contributed by atoms with van der Waals surface area (Å²) in [5.74, 6) is 1.26. The van der Waals surface area contributed by atoms with E-state index in [9.17, 15) is 4.79 Å². The van der Waals surface area contributed by atoms with Gasteiger partial charge in [-0.2, -0.15) is 0 Å². The first-order valence-corrected chi connectivity index (χ1v) is 9.85. The van der Waals surface area contributed by atoms with Crippen LogP contribution in [-0.4, -0.2) is 20.4 Å². The van der Waals surface area contributed by atoms with E-state index in [2.05, 4.69) is 31.4 Å². The minimum atomic E-state index is -0.166. The highest BCUT2D eigenvalue weighted by molar-refractivity contribution is 9.10. The molecule has 0 bridgehead atoms. The van der Waals surface area contributed by atoms with Crippen LogP contribution < -0.4 is 10.1 Å². The summed E-state index contributed by atoms with van der Waals surface area (Å²) >= 11 is 3.43. The van der Waals surface area contributed by atoms with Gasteiger partial charge in [0.15, 0.2) is 0 Å². The van der Waals surface area contributed by atoms with E-state index in [1.54, 1.807) is 24.3 Å². The number of halogens is 1. The lowest BCUT2D eigenvalue weighted by Crippen LogP contribution is -2.22. The number of aryl methyl sites for hydroxylation is 2. The van der Waals surface area contributed by atoms with E-state index in [0.717, 1.165) is 32.8 Å². The van der Waals surface area contributed by atoms with Crippen molar-refractivity contribution in [3.05, 3.63) is 81.5 Å². The van der Waals surface area contributed by atoms with Gasteiger partial charge in [-0.15, -0.1) is 0 Å². The highest BCUT2D eigenvalue weighted by atomic mass is 79.9. The Labute approximate surface area is 175 Å². The van der Waals surface area contributed by atoms with Crippen molar-refractivity contribution in [2.24, 2.45) is 0 Å². The van der Waals surface area contributed by atoms with Crippen molar-refractivity contribution in [2.45, 2.75) is 27.0 Å². The molecular weight excluding hydrogens is 436 g/mol. The number of carbonyl (C=O) groups excluding carboxylic acids is 1. The molecule has 0 aliphatic rings. The third-order valence-electron chi connectivity index (χ3n) is 4.58. The molecule has 0 fully saturated rings. The largest absolute Gasteiger partial charge is 0.489 e. The Balaban J connectivity index is 1.35. The summed E-state index contributed by atoms with van der Waals surface area (Å²) < 4.78 is 13.8. The molecule has 1 N–H and O–H groups in total. The number of hydrogen-bond acceptors (Lipinski definition) is 5. The van der Waals surface area contributed by atoms with Gasteiger partial charge in [-0.1, -0.05) is 5.16 Å². The maximum atomic E-state index is 12.4. The number of fused-ring (bicyclic) bond motifs is 1. The summed E-state index contributed by atoms with van der Waals surface area (Å²) in [6.07, 6.45) is 3.82. The fraction of sp³-hybridized carbons (Fsp3) is 0.190. The van der Waals surface area contributed by atoms with Gasteiger partial charge >= 0.3 is 0 Å². The number of amides is 1. The molecule has 4 aromatic rings. The van der Waals surface area contributed by atoms with Crippen molar-refractivity contribution in [2.75, 3.05) is 0 Å². The van der Waals surface area contributed by atoms with Crippen molar-refractivity contribution in [3.8, 4) is 5.75 Å². The predicted octanol–water partition coefficient (Wildman–Crippen LogP) is 4.21. The van der Waals surface area contributed by atoms with Gasteiger partial charge < -0.3 is 19.0 Å². The molecule has 1 amide bonds. The lowest BCUT2D eigenvalue weighted by atomic mass is 10.2. The second kappa shape index (κ2) is 8.08. The zero-order chi connectivity index (χ0) is 20.4. The molecule has 148 valence electrons. The van der Waals surface area contributed by atoms with Crippen LogP contribution in [0.5, 0.6) is 5.75 Å². The molecule has 1 aromatic carbocycles. The number of imidazole rings is 1. The maximum absolute atomic E-state index is 12.4. The second-order valence-corrected chi connectivity index (χ2v) is 7.56. The van der Waals surface area contributed by atoms with Gasteiger partial charge in [-0.3, -0.25) is 4.79 Å². The zero-order valence-corrected chi connectivity index (χ0v) is 17.6. The number of nitrogens with zero attached hydrogens (tertiary/aromatic N) is 3. The first kappa shape index (κ1) is 19.2. The van der Waals surface area contributed by atoms with Crippen LogP contribution in [0.4, 0.5) is 0 Å². The molecule has 0 radical (unpaired) electrons. The molecule has 0 atom stereocenters. The monoisotopic (exact) mass is 454 g/mol. The van der Waals surface area contributed by atoms with E-state index in [1.807, 2.05) is 42.8 Å². The Morgan fingerprint density at radius 3 is 2.69 bits per heavy atom. The van der Waals surface area contributed by atoms with Gasteiger partial charge in [0.05, 0.1) is 23.5 Å². The van der Waals surface area contributed by atoms with E-state index in [-0.39, 0.29) is 5.91 Å². The molecule has 3 aromatic heterocycles. The molecular formula is C21H19BrN4O3. The first-order valence-electron chi connectivity index (χ1n) is 9.05. The molecule has 0 aliphatic heterocycles. The van der Waals surface area contributed by atoms with Crippen LogP contribution in [0.25, 0.3) is 5.65 Å². The van der Waals surface area contributed by atoms with E-state index in [4.69, 9.17) is 9.26 Å². The van der Waals surface area contributed by atoms with Gasteiger partial charge in [0.1, 0.15) is 23.8 Å². The van der Waals surface area contributed by atoms with E-state index in [0.29, 0.717) is 24.5 Å². The minimum absolute atomic E-state index is 0.166. The molecule has 29 heavy (non-hydrogen) atoms. The number of aromatic nitrogens is 3. The van der Waals surface area contributed by atoms with E-state index in [1.165, 1.54) is 0 Å². The normalized spacial score (nSPS) is 11.0.